The van der Waals surface area contributed by atoms with Gasteiger partial charge in [0.05, 0.1) is 0 Å². The van der Waals surface area contributed by atoms with Crippen LogP contribution < -0.4 is 10.1 Å². The quantitative estimate of drug-likeness (QED) is 0.780. The van der Waals surface area contributed by atoms with E-state index < -0.39 is 6.36 Å². The van der Waals surface area contributed by atoms with Gasteiger partial charge in [0.2, 0.25) is 0 Å². The highest BCUT2D eigenvalue weighted by atomic mass is 19.4. The van der Waals surface area contributed by atoms with Crippen molar-refractivity contribution < 1.29 is 17.9 Å². The molecule has 2 rings (SSSR count). The number of anilines is 1. The normalized spacial score (nSPS) is 19.6. The first-order chi connectivity index (χ1) is 6.96. The van der Waals surface area contributed by atoms with E-state index in [9.17, 15) is 13.2 Å². The molecule has 1 N–H and O–H groups in total. The number of nitrogens with one attached hydrogen (secondary N) is 1. The lowest BCUT2D eigenvalue weighted by molar-refractivity contribution is -0.274. The van der Waals surface area contributed by atoms with Gasteiger partial charge in [-0.2, -0.15) is 0 Å². The van der Waals surface area contributed by atoms with E-state index in [4.69, 9.17) is 0 Å². The summed E-state index contributed by atoms with van der Waals surface area (Å²) < 4.78 is 39.7. The fourth-order valence-corrected chi connectivity index (χ4v) is 1.68. The van der Waals surface area contributed by atoms with Gasteiger partial charge in [0.1, 0.15) is 5.75 Å². The molecule has 1 heterocycles. The summed E-state index contributed by atoms with van der Waals surface area (Å²) >= 11 is 0. The van der Waals surface area contributed by atoms with Gasteiger partial charge >= 0.3 is 6.36 Å². The molecule has 1 aromatic carbocycles. The Balaban J connectivity index is 2.26. The van der Waals surface area contributed by atoms with Gasteiger partial charge in [0.15, 0.2) is 0 Å². The molecule has 5 heteroatoms. The Morgan fingerprint density at radius 1 is 1.40 bits per heavy atom. The second-order valence-corrected chi connectivity index (χ2v) is 3.58. The first kappa shape index (κ1) is 10.1. The predicted molar refractivity (Wildman–Crippen MR) is 50.0 cm³/mol. The smallest absolute Gasteiger partial charge is 0.406 e. The van der Waals surface area contributed by atoms with E-state index in [2.05, 4.69) is 10.1 Å². The second kappa shape index (κ2) is 3.32. The first-order valence-electron chi connectivity index (χ1n) is 4.59. The van der Waals surface area contributed by atoms with Gasteiger partial charge in [0.25, 0.3) is 0 Å². The van der Waals surface area contributed by atoms with Crippen LogP contribution in [0.4, 0.5) is 18.9 Å². The highest BCUT2D eigenvalue weighted by Crippen LogP contribution is 2.35. The lowest BCUT2D eigenvalue weighted by Gasteiger charge is -2.10. The molecule has 0 unspecified atom stereocenters. The van der Waals surface area contributed by atoms with E-state index in [-0.39, 0.29) is 11.7 Å². The third-order valence-electron chi connectivity index (χ3n) is 2.39. The monoisotopic (exact) mass is 217 g/mol. The Morgan fingerprint density at radius 3 is 2.80 bits per heavy atom. The molecule has 0 spiro atoms. The molecule has 82 valence electrons. The van der Waals surface area contributed by atoms with Crippen LogP contribution in [0.25, 0.3) is 0 Å². The van der Waals surface area contributed by atoms with Crippen molar-refractivity contribution in [2.75, 3.05) is 11.9 Å². The molecule has 1 atom stereocenters. The summed E-state index contributed by atoms with van der Waals surface area (Å²) in [6.45, 7) is 2.71. The number of hydrogen-bond acceptors (Lipinski definition) is 2. The SMILES string of the molecule is C[C@@H]1CNc2ccc(OC(F)(F)F)cc21. The molecular weight excluding hydrogens is 207 g/mol. The maximum Gasteiger partial charge on any atom is 0.573 e. The summed E-state index contributed by atoms with van der Waals surface area (Å²) in [4.78, 5) is 0. The van der Waals surface area contributed by atoms with Crippen molar-refractivity contribution in [1.82, 2.24) is 0 Å². The molecule has 0 saturated heterocycles. The Morgan fingerprint density at radius 2 is 2.13 bits per heavy atom. The van der Waals surface area contributed by atoms with Crippen molar-refractivity contribution in [2.24, 2.45) is 0 Å². The summed E-state index contributed by atoms with van der Waals surface area (Å²) in [5.41, 5.74) is 1.76. The second-order valence-electron chi connectivity index (χ2n) is 3.58. The molecule has 2 nitrogen and oxygen atoms in total. The van der Waals surface area contributed by atoms with Gasteiger partial charge in [-0.3, -0.25) is 0 Å². The van der Waals surface area contributed by atoms with Crippen molar-refractivity contribution in [3.63, 3.8) is 0 Å². The van der Waals surface area contributed by atoms with Crippen LogP contribution in [0.15, 0.2) is 18.2 Å². The van der Waals surface area contributed by atoms with Gasteiger partial charge in [0, 0.05) is 18.2 Å². The van der Waals surface area contributed by atoms with Crippen LogP contribution in [0.2, 0.25) is 0 Å². The number of rotatable bonds is 1. The van der Waals surface area contributed by atoms with Crippen LogP contribution in [0, 0.1) is 0 Å². The molecule has 0 aromatic heterocycles. The number of alkyl halides is 3. The van der Waals surface area contributed by atoms with Crippen molar-refractivity contribution in [2.45, 2.75) is 19.2 Å². The van der Waals surface area contributed by atoms with Crippen LogP contribution in [-0.4, -0.2) is 12.9 Å². The number of fused-ring (bicyclic) bond motifs is 1. The highest BCUT2D eigenvalue weighted by molar-refractivity contribution is 5.59. The molecule has 1 aliphatic heterocycles. The molecule has 0 radical (unpaired) electrons. The third-order valence-corrected chi connectivity index (χ3v) is 2.39. The molecule has 1 aliphatic rings. The standard InChI is InChI=1S/C10H10F3NO/c1-6-5-14-9-3-2-7(4-8(6)9)15-10(11,12)13/h2-4,6,14H,5H2,1H3/t6-/m1/s1. The van der Waals surface area contributed by atoms with E-state index in [1.807, 2.05) is 6.92 Å². The zero-order chi connectivity index (χ0) is 11.1. The average molecular weight is 217 g/mol. The maximum absolute atomic E-state index is 12.0. The van der Waals surface area contributed by atoms with Gasteiger partial charge in [-0.25, -0.2) is 0 Å². The van der Waals surface area contributed by atoms with Crippen molar-refractivity contribution in [3.05, 3.63) is 23.8 Å². The number of hydrogen-bond donors (Lipinski definition) is 1. The predicted octanol–water partition coefficient (Wildman–Crippen LogP) is 3.11. The number of ether oxygens (including phenoxy) is 1. The minimum atomic E-state index is -4.62. The van der Waals surface area contributed by atoms with Crippen LogP contribution in [0.1, 0.15) is 18.4 Å². The summed E-state index contributed by atoms with van der Waals surface area (Å²) in [6.07, 6.45) is -4.62. The van der Waals surface area contributed by atoms with Crippen LogP contribution in [-0.2, 0) is 0 Å². The largest absolute Gasteiger partial charge is 0.573 e. The average Bonchev–Trinajstić information content (AvgIpc) is 2.45. The first-order valence-corrected chi connectivity index (χ1v) is 4.59. The molecule has 0 saturated carbocycles. The van der Waals surface area contributed by atoms with Crippen molar-refractivity contribution in [1.29, 1.82) is 0 Å². The van der Waals surface area contributed by atoms with Crippen LogP contribution in [0.5, 0.6) is 5.75 Å². The molecule has 15 heavy (non-hydrogen) atoms. The molecule has 0 bridgehead atoms. The fourth-order valence-electron chi connectivity index (χ4n) is 1.68. The molecule has 1 aromatic rings. The highest BCUT2D eigenvalue weighted by Gasteiger charge is 2.31. The molecular formula is C10H10F3NO. The summed E-state index contributed by atoms with van der Waals surface area (Å²) in [5.74, 6) is 0.0635. The topological polar surface area (TPSA) is 21.3 Å². The van der Waals surface area contributed by atoms with Crippen molar-refractivity contribution >= 4 is 5.69 Å². The van der Waals surface area contributed by atoms with E-state index in [1.165, 1.54) is 12.1 Å². The third kappa shape index (κ3) is 2.16. The maximum atomic E-state index is 12.0. The summed E-state index contributed by atoms with van der Waals surface area (Å²) in [6, 6.07) is 4.37. The Hall–Kier alpha value is -1.39. The number of halogens is 3. The van der Waals surface area contributed by atoms with E-state index in [0.29, 0.717) is 0 Å². The Labute approximate surface area is 85.0 Å². The summed E-state index contributed by atoms with van der Waals surface area (Å²) in [7, 11) is 0. The number of benzene rings is 1. The lowest BCUT2D eigenvalue weighted by atomic mass is 10.0. The van der Waals surface area contributed by atoms with Crippen LogP contribution >= 0.6 is 0 Å². The minimum Gasteiger partial charge on any atom is -0.406 e. The Kier molecular flexibility index (Phi) is 2.25. The van der Waals surface area contributed by atoms with E-state index >= 15 is 0 Å². The molecule has 0 amide bonds. The zero-order valence-electron chi connectivity index (χ0n) is 8.06. The van der Waals surface area contributed by atoms with E-state index in [0.717, 1.165) is 17.8 Å². The summed E-state index contributed by atoms with van der Waals surface area (Å²) in [5, 5.41) is 3.10. The lowest BCUT2D eigenvalue weighted by Crippen LogP contribution is -2.17. The Bertz CT molecular complexity index is 375. The molecule has 0 aliphatic carbocycles. The van der Waals surface area contributed by atoms with Gasteiger partial charge in [-0.15, -0.1) is 13.2 Å². The molecule has 0 fully saturated rings. The van der Waals surface area contributed by atoms with Gasteiger partial charge < -0.3 is 10.1 Å². The van der Waals surface area contributed by atoms with Gasteiger partial charge in [-0.05, 0) is 23.8 Å². The minimum absolute atomic E-state index is 0.156. The van der Waals surface area contributed by atoms with E-state index in [1.54, 1.807) is 6.07 Å². The fraction of sp³-hybridized carbons (Fsp3) is 0.400. The zero-order valence-corrected chi connectivity index (χ0v) is 8.06. The van der Waals surface area contributed by atoms with Gasteiger partial charge in [-0.1, -0.05) is 6.92 Å². The van der Waals surface area contributed by atoms with Crippen LogP contribution in [0.3, 0.4) is 0 Å². The van der Waals surface area contributed by atoms with Crippen molar-refractivity contribution in [3.8, 4) is 5.75 Å².